The van der Waals surface area contributed by atoms with E-state index in [0.29, 0.717) is 18.2 Å². The number of rotatable bonds is 8. The van der Waals surface area contributed by atoms with Crippen molar-refractivity contribution in [2.75, 3.05) is 6.61 Å². The van der Waals surface area contributed by atoms with E-state index in [2.05, 4.69) is 15.2 Å². The summed E-state index contributed by atoms with van der Waals surface area (Å²) in [6, 6.07) is 18.4. The smallest absolute Gasteiger partial charge is 0.335 e. The van der Waals surface area contributed by atoms with Crippen LogP contribution in [0.1, 0.15) is 22.8 Å². The number of aromatic carboxylic acids is 1. The van der Waals surface area contributed by atoms with Gasteiger partial charge in [-0.15, -0.1) is 10.2 Å². The fourth-order valence-electron chi connectivity index (χ4n) is 3.03. The number of benzene rings is 2. The van der Waals surface area contributed by atoms with Gasteiger partial charge in [-0.05, 0) is 61.0 Å². The molecule has 0 unspecified atom stereocenters. The van der Waals surface area contributed by atoms with Gasteiger partial charge in [-0.1, -0.05) is 23.9 Å². The maximum absolute atomic E-state index is 11.1. The molecule has 0 radical (unpaired) electrons. The van der Waals surface area contributed by atoms with E-state index in [1.807, 2.05) is 60.0 Å². The average Bonchev–Trinajstić information content (AvgIpc) is 3.23. The molecular formula is C23H20N4O3S. The van der Waals surface area contributed by atoms with Crippen molar-refractivity contribution in [2.24, 2.45) is 0 Å². The summed E-state index contributed by atoms with van der Waals surface area (Å²) in [4.78, 5) is 15.3. The fourth-order valence-corrected chi connectivity index (χ4v) is 3.94. The predicted molar refractivity (Wildman–Crippen MR) is 119 cm³/mol. The SMILES string of the molecule is CCOc1ccc(-n2c(SCc3ccc(C(=O)O)cc3)nnc2-c2cccnc2)cc1. The number of carbonyl (C=O) groups is 1. The van der Waals surface area contributed by atoms with Crippen molar-refractivity contribution in [2.45, 2.75) is 17.8 Å². The first-order valence-corrected chi connectivity index (χ1v) is 10.7. The third-order valence-corrected chi connectivity index (χ3v) is 5.53. The highest BCUT2D eigenvalue weighted by molar-refractivity contribution is 7.98. The zero-order chi connectivity index (χ0) is 21.6. The molecule has 31 heavy (non-hydrogen) atoms. The van der Waals surface area contributed by atoms with Crippen LogP contribution in [0.2, 0.25) is 0 Å². The number of carboxylic acid groups (broad SMARTS) is 1. The van der Waals surface area contributed by atoms with Crippen molar-refractivity contribution in [3.63, 3.8) is 0 Å². The minimum atomic E-state index is -0.935. The Morgan fingerprint density at radius 3 is 2.48 bits per heavy atom. The molecule has 4 rings (SSSR count). The Hall–Kier alpha value is -3.65. The van der Waals surface area contributed by atoms with E-state index in [1.165, 1.54) is 11.8 Å². The standard InChI is InChI=1S/C23H20N4O3S/c1-2-30-20-11-9-19(10-12-20)27-21(18-4-3-13-24-14-18)25-26-23(27)31-15-16-5-7-17(8-6-16)22(28)29/h3-14H,2,15H2,1H3,(H,28,29). The molecule has 2 heterocycles. The van der Waals surface area contributed by atoms with Crippen molar-refractivity contribution in [3.8, 4) is 22.8 Å². The molecule has 0 amide bonds. The summed E-state index contributed by atoms with van der Waals surface area (Å²) in [5, 5.41) is 18.6. The lowest BCUT2D eigenvalue weighted by atomic mass is 10.1. The summed E-state index contributed by atoms with van der Waals surface area (Å²) in [7, 11) is 0. The van der Waals surface area contributed by atoms with Crippen LogP contribution < -0.4 is 4.74 Å². The monoisotopic (exact) mass is 432 g/mol. The van der Waals surface area contributed by atoms with Gasteiger partial charge in [0.25, 0.3) is 0 Å². The number of hydrogen-bond donors (Lipinski definition) is 1. The normalized spacial score (nSPS) is 10.7. The van der Waals surface area contributed by atoms with Gasteiger partial charge in [0.15, 0.2) is 11.0 Å². The van der Waals surface area contributed by atoms with Crippen LogP contribution in [0.5, 0.6) is 5.75 Å². The minimum Gasteiger partial charge on any atom is -0.494 e. The molecule has 0 fully saturated rings. The van der Waals surface area contributed by atoms with Gasteiger partial charge in [0, 0.05) is 29.4 Å². The van der Waals surface area contributed by atoms with Gasteiger partial charge in [0.1, 0.15) is 5.75 Å². The Bertz CT molecular complexity index is 1160. The Kier molecular flexibility index (Phi) is 6.28. The average molecular weight is 433 g/mol. The zero-order valence-electron chi connectivity index (χ0n) is 16.8. The highest BCUT2D eigenvalue weighted by Crippen LogP contribution is 2.30. The fraction of sp³-hybridized carbons (Fsp3) is 0.130. The molecule has 2 aromatic heterocycles. The van der Waals surface area contributed by atoms with E-state index in [0.717, 1.165) is 27.7 Å². The molecule has 4 aromatic rings. The molecule has 0 bridgehead atoms. The molecule has 0 aliphatic rings. The Labute approximate surface area is 183 Å². The highest BCUT2D eigenvalue weighted by Gasteiger charge is 2.17. The number of pyridine rings is 1. The molecule has 0 aliphatic heterocycles. The van der Waals surface area contributed by atoms with Crippen LogP contribution in [0, 0.1) is 0 Å². The Balaban J connectivity index is 1.65. The number of ether oxygens (including phenoxy) is 1. The highest BCUT2D eigenvalue weighted by atomic mass is 32.2. The van der Waals surface area contributed by atoms with Crippen molar-refractivity contribution in [1.29, 1.82) is 0 Å². The van der Waals surface area contributed by atoms with Gasteiger partial charge >= 0.3 is 5.97 Å². The van der Waals surface area contributed by atoms with Crippen LogP contribution in [0.4, 0.5) is 0 Å². The molecule has 8 heteroatoms. The maximum atomic E-state index is 11.1. The van der Waals surface area contributed by atoms with Gasteiger partial charge < -0.3 is 9.84 Å². The maximum Gasteiger partial charge on any atom is 0.335 e. The molecule has 2 aromatic carbocycles. The van der Waals surface area contributed by atoms with Crippen molar-refractivity contribution in [3.05, 3.63) is 84.2 Å². The van der Waals surface area contributed by atoms with Gasteiger partial charge in [-0.25, -0.2) is 4.79 Å². The molecule has 7 nitrogen and oxygen atoms in total. The van der Waals surface area contributed by atoms with E-state index in [1.54, 1.807) is 24.5 Å². The van der Waals surface area contributed by atoms with Gasteiger partial charge in [0.05, 0.1) is 12.2 Å². The number of carboxylic acids is 1. The molecule has 0 saturated carbocycles. The Morgan fingerprint density at radius 2 is 1.84 bits per heavy atom. The van der Waals surface area contributed by atoms with E-state index in [4.69, 9.17) is 9.84 Å². The van der Waals surface area contributed by atoms with Gasteiger partial charge in [-0.3, -0.25) is 9.55 Å². The second-order valence-corrected chi connectivity index (χ2v) is 7.54. The first-order chi connectivity index (χ1) is 15.2. The van der Waals surface area contributed by atoms with Crippen LogP contribution >= 0.6 is 11.8 Å². The summed E-state index contributed by atoms with van der Waals surface area (Å²) in [6.07, 6.45) is 3.48. The van der Waals surface area contributed by atoms with Crippen molar-refractivity contribution in [1.82, 2.24) is 19.7 Å². The Morgan fingerprint density at radius 1 is 1.06 bits per heavy atom. The molecule has 0 saturated heterocycles. The minimum absolute atomic E-state index is 0.269. The summed E-state index contributed by atoms with van der Waals surface area (Å²) >= 11 is 1.53. The van der Waals surface area contributed by atoms with Crippen LogP contribution in [0.15, 0.2) is 78.2 Å². The molecule has 0 aliphatic carbocycles. The number of aromatic nitrogens is 4. The summed E-state index contributed by atoms with van der Waals surface area (Å²) in [6.45, 7) is 2.56. The quantitative estimate of drug-likeness (QED) is 0.403. The predicted octanol–water partition coefficient (Wildman–Crippen LogP) is 4.72. The first-order valence-electron chi connectivity index (χ1n) is 9.70. The molecule has 0 atom stereocenters. The van der Waals surface area contributed by atoms with Crippen LogP contribution in [-0.2, 0) is 5.75 Å². The largest absolute Gasteiger partial charge is 0.494 e. The molecule has 1 N–H and O–H groups in total. The number of nitrogens with zero attached hydrogens (tertiary/aromatic N) is 4. The second kappa shape index (κ2) is 9.44. The summed E-state index contributed by atoms with van der Waals surface area (Å²) < 4.78 is 7.55. The number of hydrogen-bond acceptors (Lipinski definition) is 6. The zero-order valence-corrected chi connectivity index (χ0v) is 17.6. The lowest BCUT2D eigenvalue weighted by Crippen LogP contribution is -2.01. The van der Waals surface area contributed by atoms with Crippen molar-refractivity contribution >= 4 is 17.7 Å². The topological polar surface area (TPSA) is 90.1 Å². The number of thioether (sulfide) groups is 1. The van der Waals surface area contributed by atoms with Gasteiger partial charge in [0.2, 0.25) is 0 Å². The third-order valence-electron chi connectivity index (χ3n) is 4.53. The lowest BCUT2D eigenvalue weighted by molar-refractivity contribution is 0.0697. The van der Waals surface area contributed by atoms with Crippen LogP contribution in [0.25, 0.3) is 17.1 Å². The van der Waals surface area contributed by atoms with Crippen LogP contribution in [0.3, 0.4) is 0 Å². The van der Waals surface area contributed by atoms with Crippen molar-refractivity contribution < 1.29 is 14.6 Å². The van der Waals surface area contributed by atoms with E-state index < -0.39 is 5.97 Å². The third kappa shape index (κ3) is 4.75. The van der Waals surface area contributed by atoms with E-state index in [9.17, 15) is 4.79 Å². The summed E-state index contributed by atoms with van der Waals surface area (Å²) in [5.74, 6) is 1.19. The lowest BCUT2D eigenvalue weighted by Gasteiger charge is -2.11. The van der Waals surface area contributed by atoms with Gasteiger partial charge in [-0.2, -0.15) is 0 Å². The molecule has 0 spiro atoms. The molecule has 156 valence electrons. The van der Waals surface area contributed by atoms with E-state index >= 15 is 0 Å². The first kappa shape index (κ1) is 20.6. The molecular weight excluding hydrogens is 412 g/mol. The van der Waals surface area contributed by atoms with E-state index in [-0.39, 0.29) is 5.56 Å². The van der Waals surface area contributed by atoms with Crippen LogP contribution in [-0.4, -0.2) is 37.4 Å². The second-order valence-electron chi connectivity index (χ2n) is 6.60. The summed E-state index contributed by atoms with van der Waals surface area (Å²) in [5.41, 5.74) is 3.04.